The number of aromatic amines is 1. The molecule has 1 fully saturated rings. The topological polar surface area (TPSA) is 78.0 Å². The lowest BCUT2D eigenvalue weighted by molar-refractivity contribution is -0.131. The number of aromatic nitrogens is 4. The van der Waals surface area contributed by atoms with E-state index in [0.717, 1.165) is 47.8 Å². The molecule has 1 N–H and O–H groups in total. The van der Waals surface area contributed by atoms with Crippen LogP contribution in [0.2, 0.25) is 0 Å². The summed E-state index contributed by atoms with van der Waals surface area (Å²) in [5.41, 5.74) is 3.73. The number of carbonyl (C=O) groups excluding carboxylic acids is 1. The third kappa shape index (κ3) is 3.11. The van der Waals surface area contributed by atoms with Crippen molar-refractivity contribution >= 4 is 11.7 Å². The summed E-state index contributed by atoms with van der Waals surface area (Å²) in [6.45, 7) is 4.66. The summed E-state index contributed by atoms with van der Waals surface area (Å²) in [7, 11) is 3.88. The number of H-pyrrole nitrogens is 1. The van der Waals surface area contributed by atoms with E-state index >= 15 is 0 Å². The van der Waals surface area contributed by atoms with Crippen LogP contribution in [-0.4, -0.2) is 51.6 Å². The molecule has 1 aliphatic heterocycles. The second-order valence-corrected chi connectivity index (χ2v) is 6.53. The minimum Gasteiger partial charge on any atom is -0.361 e. The van der Waals surface area contributed by atoms with Crippen molar-refractivity contribution in [2.75, 3.05) is 25.5 Å². The maximum absolute atomic E-state index is 12.8. The number of anilines is 1. The molecule has 0 spiro atoms. The van der Waals surface area contributed by atoms with E-state index in [1.54, 1.807) is 12.4 Å². The molecule has 128 valence electrons. The Balaban J connectivity index is 1.80. The van der Waals surface area contributed by atoms with Gasteiger partial charge < -0.3 is 9.80 Å². The highest BCUT2D eigenvalue weighted by atomic mass is 16.2. The largest absolute Gasteiger partial charge is 0.361 e. The fourth-order valence-corrected chi connectivity index (χ4v) is 3.21. The quantitative estimate of drug-likeness (QED) is 0.926. The molecule has 0 bridgehead atoms. The summed E-state index contributed by atoms with van der Waals surface area (Å²) in [4.78, 5) is 25.7. The number of nitrogens with zero attached hydrogens (tertiary/aromatic N) is 5. The molecular weight excluding hydrogens is 304 g/mol. The molecule has 1 saturated heterocycles. The van der Waals surface area contributed by atoms with Gasteiger partial charge in [-0.1, -0.05) is 0 Å². The summed E-state index contributed by atoms with van der Waals surface area (Å²) >= 11 is 0. The van der Waals surface area contributed by atoms with Crippen molar-refractivity contribution in [3.05, 3.63) is 35.0 Å². The van der Waals surface area contributed by atoms with Gasteiger partial charge in [0.15, 0.2) is 0 Å². The Kier molecular flexibility index (Phi) is 4.51. The second-order valence-electron chi connectivity index (χ2n) is 6.53. The fraction of sp³-hybridized carbons (Fsp3) is 0.529. The van der Waals surface area contributed by atoms with E-state index in [1.807, 2.05) is 37.7 Å². The van der Waals surface area contributed by atoms with Crippen LogP contribution in [-0.2, 0) is 11.2 Å². The van der Waals surface area contributed by atoms with Crippen LogP contribution in [0.1, 0.15) is 41.5 Å². The van der Waals surface area contributed by atoms with Crippen molar-refractivity contribution in [3.63, 3.8) is 0 Å². The number of carbonyl (C=O) groups is 1. The van der Waals surface area contributed by atoms with E-state index in [-0.39, 0.29) is 11.9 Å². The van der Waals surface area contributed by atoms with Crippen molar-refractivity contribution in [1.82, 2.24) is 25.1 Å². The lowest BCUT2D eigenvalue weighted by Crippen LogP contribution is -2.32. The van der Waals surface area contributed by atoms with Gasteiger partial charge in [0.05, 0.1) is 36.2 Å². The van der Waals surface area contributed by atoms with Crippen molar-refractivity contribution < 1.29 is 4.79 Å². The van der Waals surface area contributed by atoms with Crippen LogP contribution < -0.4 is 4.90 Å². The minimum atomic E-state index is 0.0115. The number of rotatable bonds is 4. The maximum Gasteiger partial charge on any atom is 0.227 e. The Morgan fingerprint density at radius 2 is 2.17 bits per heavy atom. The van der Waals surface area contributed by atoms with Crippen LogP contribution in [0.5, 0.6) is 0 Å². The van der Waals surface area contributed by atoms with Crippen molar-refractivity contribution in [2.45, 2.75) is 39.2 Å². The summed E-state index contributed by atoms with van der Waals surface area (Å²) in [5.74, 6) is 0.940. The average Bonchev–Trinajstić information content (AvgIpc) is 3.17. The molecule has 1 aliphatic rings. The molecule has 7 heteroatoms. The number of nitrogens with one attached hydrogen (secondary N) is 1. The lowest BCUT2D eigenvalue weighted by Gasteiger charge is -2.25. The van der Waals surface area contributed by atoms with Crippen molar-refractivity contribution in [1.29, 1.82) is 0 Å². The third-order valence-corrected chi connectivity index (χ3v) is 4.62. The Hall–Kier alpha value is -2.44. The van der Waals surface area contributed by atoms with Gasteiger partial charge in [0.1, 0.15) is 5.82 Å². The van der Waals surface area contributed by atoms with Gasteiger partial charge in [0, 0.05) is 31.9 Å². The van der Waals surface area contributed by atoms with Gasteiger partial charge in [-0.25, -0.2) is 4.98 Å². The number of aryl methyl sites for hydroxylation is 2. The smallest absolute Gasteiger partial charge is 0.227 e. The highest BCUT2D eigenvalue weighted by molar-refractivity contribution is 5.80. The highest BCUT2D eigenvalue weighted by Gasteiger charge is 2.32. The first kappa shape index (κ1) is 16.4. The number of hydrogen-bond donors (Lipinski definition) is 1. The molecule has 1 atom stereocenters. The van der Waals surface area contributed by atoms with Crippen molar-refractivity contribution in [3.8, 4) is 0 Å². The number of amides is 1. The molecule has 7 nitrogen and oxygen atoms in total. The van der Waals surface area contributed by atoms with Gasteiger partial charge in [-0.2, -0.15) is 5.10 Å². The molecule has 1 amide bonds. The molecule has 0 saturated carbocycles. The first-order valence-corrected chi connectivity index (χ1v) is 8.26. The summed E-state index contributed by atoms with van der Waals surface area (Å²) in [6, 6.07) is 0.0115. The zero-order chi connectivity index (χ0) is 17.3. The molecule has 2 aromatic rings. The highest BCUT2D eigenvalue weighted by Crippen LogP contribution is 2.32. The predicted octanol–water partition coefficient (Wildman–Crippen LogP) is 1.79. The molecule has 1 unspecified atom stereocenters. The summed E-state index contributed by atoms with van der Waals surface area (Å²) in [6.07, 6.45) is 5.82. The SMILES string of the molecule is Cc1n[nH]c(C)c1CC(=O)N1CCCC1c1cncc(N(C)C)n1. The van der Waals surface area contributed by atoms with E-state index in [4.69, 9.17) is 0 Å². The standard InChI is InChI=1S/C17H24N6O/c1-11-13(12(2)21-20-11)8-17(24)23-7-5-6-15(23)14-9-18-10-16(19-14)22(3)4/h9-10,15H,5-8H2,1-4H3,(H,20,21). The van der Waals surface area contributed by atoms with Crippen LogP contribution >= 0.6 is 0 Å². The van der Waals surface area contributed by atoms with E-state index in [9.17, 15) is 4.79 Å². The first-order chi connectivity index (χ1) is 11.5. The molecule has 3 heterocycles. The van der Waals surface area contributed by atoms with Crippen LogP contribution in [0.15, 0.2) is 12.4 Å². The van der Waals surface area contributed by atoms with E-state index in [0.29, 0.717) is 6.42 Å². The van der Waals surface area contributed by atoms with Crippen LogP contribution in [0.3, 0.4) is 0 Å². The number of hydrogen-bond acceptors (Lipinski definition) is 5. The van der Waals surface area contributed by atoms with Gasteiger partial charge in [-0.05, 0) is 26.7 Å². The molecule has 0 aromatic carbocycles. The van der Waals surface area contributed by atoms with Gasteiger partial charge in [-0.15, -0.1) is 0 Å². The molecular formula is C17H24N6O. The first-order valence-electron chi connectivity index (χ1n) is 8.26. The molecule has 24 heavy (non-hydrogen) atoms. The van der Waals surface area contributed by atoms with Crippen LogP contribution in [0.25, 0.3) is 0 Å². The van der Waals surface area contributed by atoms with Crippen LogP contribution in [0, 0.1) is 13.8 Å². The fourth-order valence-electron chi connectivity index (χ4n) is 3.21. The van der Waals surface area contributed by atoms with E-state index in [1.165, 1.54) is 0 Å². The zero-order valence-corrected chi connectivity index (χ0v) is 14.7. The second kappa shape index (κ2) is 6.59. The van der Waals surface area contributed by atoms with E-state index in [2.05, 4.69) is 20.2 Å². The number of likely N-dealkylation sites (tertiary alicyclic amines) is 1. The van der Waals surface area contributed by atoms with Crippen LogP contribution in [0.4, 0.5) is 5.82 Å². The molecule has 2 aromatic heterocycles. The summed E-state index contributed by atoms with van der Waals surface area (Å²) in [5, 5.41) is 7.13. The molecule has 3 rings (SSSR count). The van der Waals surface area contributed by atoms with Crippen molar-refractivity contribution in [2.24, 2.45) is 0 Å². The zero-order valence-electron chi connectivity index (χ0n) is 14.7. The van der Waals surface area contributed by atoms with Gasteiger partial charge in [-0.3, -0.25) is 14.9 Å². The normalized spacial score (nSPS) is 17.3. The van der Waals surface area contributed by atoms with Gasteiger partial charge in [0.2, 0.25) is 5.91 Å². The Morgan fingerprint density at radius 1 is 1.38 bits per heavy atom. The molecule has 0 aliphatic carbocycles. The molecule has 0 radical (unpaired) electrons. The van der Waals surface area contributed by atoms with E-state index < -0.39 is 0 Å². The third-order valence-electron chi connectivity index (χ3n) is 4.62. The van der Waals surface area contributed by atoms with Gasteiger partial charge >= 0.3 is 0 Å². The average molecular weight is 328 g/mol. The maximum atomic E-state index is 12.8. The predicted molar refractivity (Wildman–Crippen MR) is 91.8 cm³/mol. The minimum absolute atomic E-state index is 0.0115. The monoisotopic (exact) mass is 328 g/mol. The lowest BCUT2D eigenvalue weighted by atomic mass is 10.1. The Bertz CT molecular complexity index is 719. The van der Waals surface area contributed by atoms with Gasteiger partial charge in [0.25, 0.3) is 0 Å². The summed E-state index contributed by atoms with van der Waals surface area (Å²) < 4.78 is 0. The Morgan fingerprint density at radius 3 is 2.83 bits per heavy atom. The Labute approximate surface area is 142 Å².